The monoisotopic (exact) mass is 991 g/mol. The average molecular weight is 992 g/mol. The van der Waals surface area contributed by atoms with E-state index in [-0.39, 0.29) is 48.4 Å². The molecular weight excluding hydrogens is 939 g/mol. The maximum Gasteiger partial charge on any atom is 0.332 e. The number of carboxylic acid groups (broad SMARTS) is 2. The molecular formula is C28H53N3O29S3-4. The molecule has 0 saturated carbocycles. The summed E-state index contributed by atoms with van der Waals surface area (Å²) >= 11 is 0. The lowest BCUT2D eigenvalue weighted by molar-refractivity contribution is -0.312. The summed E-state index contributed by atoms with van der Waals surface area (Å²) in [6.45, 7) is 1.76. The van der Waals surface area contributed by atoms with Crippen LogP contribution in [0.25, 0.3) is 0 Å². The third kappa shape index (κ3) is 27.8. The zero-order valence-electron chi connectivity index (χ0n) is 33.1. The lowest BCUT2D eigenvalue weighted by Crippen LogP contribution is -2.59. The Morgan fingerprint density at radius 2 is 1.21 bits per heavy atom. The van der Waals surface area contributed by atoms with Gasteiger partial charge in [0.15, 0.2) is 6.10 Å². The molecule has 4 aliphatic heterocycles. The molecule has 0 aromatic rings. The third-order valence-electron chi connectivity index (χ3n) is 8.19. The molecule has 35 heteroatoms. The Kier molecular flexibility index (Phi) is 30.1. The highest BCUT2D eigenvalue weighted by Crippen LogP contribution is 2.19. The zero-order valence-corrected chi connectivity index (χ0v) is 35.5. The van der Waals surface area contributed by atoms with Crippen molar-refractivity contribution < 1.29 is 137 Å². The summed E-state index contributed by atoms with van der Waals surface area (Å²) in [5.74, 6) is -3.58. The summed E-state index contributed by atoms with van der Waals surface area (Å²) in [6, 6.07) is -1.34. The highest BCUT2D eigenvalue weighted by Gasteiger charge is 2.39. The Balaban J connectivity index is -0.000000762. The van der Waals surface area contributed by atoms with E-state index in [1.807, 2.05) is 0 Å². The van der Waals surface area contributed by atoms with Gasteiger partial charge in [-0.15, -0.1) is 0 Å². The smallest absolute Gasteiger partial charge is 0.332 e. The number of amides is 2. The van der Waals surface area contributed by atoms with Gasteiger partial charge in [0.05, 0.1) is 69.5 Å². The molecule has 4 aliphatic rings. The Morgan fingerprint density at radius 3 is 1.63 bits per heavy atom. The van der Waals surface area contributed by atoms with Crippen LogP contribution in [0, 0.1) is 5.92 Å². The number of carboxylic acids is 2. The van der Waals surface area contributed by atoms with E-state index in [1.165, 1.54) is 13.8 Å². The molecule has 2 amide bonds. The fourth-order valence-corrected chi connectivity index (χ4v) is 6.48. The first-order valence-electron chi connectivity index (χ1n) is 17.3. The molecule has 0 aliphatic carbocycles. The second-order valence-electron chi connectivity index (χ2n) is 13.2. The van der Waals surface area contributed by atoms with E-state index in [0.717, 1.165) is 0 Å². The summed E-state index contributed by atoms with van der Waals surface area (Å²) in [6.07, 6.45) is -9.89. The molecule has 0 spiro atoms. The molecule has 12 atom stereocenters. The van der Waals surface area contributed by atoms with Crippen molar-refractivity contribution >= 4 is 54.9 Å². The van der Waals surface area contributed by atoms with E-state index in [4.69, 9.17) is 19.7 Å². The van der Waals surface area contributed by atoms with Gasteiger partial charge in [0, 0.05) is 51.7 Å². The Morgan fingerprint density at radius 1 is 0.683 bits per heavy atom. The van der Waals surface area contributed by atoms with E-state index < -0.39 is 142 Å². The van der Waals surface area contributed by atoms with Gasteiger partial charge in [0.1, 0.15) is 24.4 Å². The molecule has 7 unspecified atom stereocenters. The second-order valence-corrected chi connectivity index (χ2v) is 16.3. The first-order valence-corrected chi connectivity index (χ1v) is 21.3. The largest absolute Gasteiger partial charge is 0.726 e. The number of rotatable bonds is 12. The number of piperidine rings is 1. The van der Waals surface area contributed by atoms with Crippen LogP contribution in [0.3, 0.4) is 0 Å². The lowest BCUT2D eigenvalue weighted by atomic mass is 9.98. The number of nitrogens with one attached hydrogen (secondary N) is 3. The van der Waals surface area contributed by atoms with Crippen molar-refractivity contribution in [2.24, 2.45) is 5.92 Å². The summed E-state index contributed by atoms with van der Waals surface area (Å²) < 4.78 is 119. The quantitative estimate of drug-likeness (QED) is 0.0647. The highest BCUT2D eigenvalue weighted by atomic mass is 32.3. The SMILES string of the molecule is CC(=O)NC1COC(COS(=O)(=O)[O-])C[C@H]1O.CC(=O)NC1COC(COS(=O)(=O)[O-])[C@@H](O)[C@H]1O.O.O.O.O=C(O)C1C[C@@H](O)C(OS(=O)(=O)[O-])CO1.O=C([O-])C1CNC[C@H](O)C1. The van der Waals surface area contributed by atoms with Crippen LogP contribution >= 0.6 is 0 Å². The van der Waals surface area contributed by atoms with E-state index >= 15 is 0 Å². The molecule has 4 rings (SSSR count). The maximum atomic E-state index is 10.8. The molecule has 32 nitrogen and oxygen atoms in total. The van der Waals surface area contributed by atoms with Crippen molar-refractivity contribution in [3.05, 3.63) is 0 Å². The Hall–Kier alpha value is -2.99. The minimum absolute atomic E-state index is 0. The number of ether oxygens (including phenoxy) is 3. The van der Waals surface area contributed by atoms with Crippen LogP contribution < -0.4 is 21.1 Å². The molecule has 4 fully saturated rings. The number of aliphatic hydroxyl groups excluding tert-OH is 5. The number of aliphatic hydroxyl groups is 5. The topological polar surface area (TPSA) is 570 Å². The van der Waals surface area contributed by atoms with E-state index in [1.54, 1.807) is 0 Å². The molecule has 0 aromatic carbocycles. The number of hydrogen-bond acceptors (Lipinski definition) is 26. The maximum absolute atomic E-state index is 10.8. The second kappa shape index (κ2) is 29.5. The van der Waals surface area contributed by atoms with Crippen LogP contribution in [-0.4, -0.2) is 223 Å². The van der Waals surface area contributed by atoms with Crippen LogP contribution in [0.1, 0.15) is 33.1 Å². The van der Waals surface area contributed by atoms with Crippen molar-refractivity contribution in [1.29, 1.82) is 0 Å². The van der Waals surface area contributed by atoms with Crippen LogP contribution in [0.15, 0.2) is 0 Å². The number of aliphatic carboxylic acids is 2. The third-order valence-corrected chi connectivity index (χ3v) is 9.52. The van der Waals surface area contributed by atoms with E-state index in [9.17, 15) is 83.6 Å². The summed E-state index contributed by atoms with van der Waals surface area (Å²) in [5.41, 5.74) is 0. The minimum Gasteiger partial charge on any atom is -0.726 e. The van der Waals surface area contributed by atoms with Crippen LogP contribution in [-0.2, 0) is 77.1 Å². The van der Waals surface area contributed by atoms with Gasteiger partial charge < -0.3 is 101 Å². The van der Waals surface area contributed by atoms with Crippen LogP contribution in [0.4, 0.5) is 0 Å². The fraction of sp³-hybridized carbons (Fsp3) is 0.857. The summed E-state index contributed by atoms with van der Waals surface area (Å²) in [7, 11) is -14.6. The van der Waals surface area contributed by atoms with Gasteiger partial charge in [0.2, 0.25) is 43.0 Å². The lowest BCUT2D eigenvalue weighted by Gasteiger charge is -2.37. The predicted molar refractivity (Wildman–Crippen MR) is 194 cm³/mol. The van der Waals surface area contributed by atoms with Gasteiger partial charge in [-0.3, -0.25) is 22.1 Å². The predicted octanol–water partition coefficient (Wildman–Crippen LogP) is -11.5. The molecule has 376 valence electrons. The molecule has 63 heavy (non-hydrogen) atoms. The first kappa shape index (κ1) is 64.3. The van der Waals surface area contributed by atoms with Gasteiger partial charge in [-0.1, -0.05) is 0 Å². The molecule has 0 radical (unpaired) electrons. The van der Waals surface area contributed by atoms with Gasteiger partial charge in [-0.2, -0.15) is 0 Å². The van der Waals surface area contributed by atoms with Gasteiger partial charge >= 0.3 is 5.97 Å². The van der Waals surface area contributed by atoms with Crippen LogP contribution in [0.5, 0.6) is 0 Å². The van der Waals surface area contributed by atoms with Crippen molar-refractivity contribution in [1.82, 2.24) is 16.0 Å². The van der Waals surface area contributed by atoms with E-state index in [0.29, 0.717) is 19.5 Å². The molecule has 0 aromatic heterocycles. The minimum atomic E-state index is -4.93. The summed E-state index contributed by atoms with van der Waals surface area (Å²) in [4.78, 5) is 42.2. The van der Waals surface area contributed by atoms with E-state index in [2.05, 4.69) is 33.2 Å². The Bertz CT molecular complexity index is 1720. The number of hydrogen-bond donors (Lipinski definition) is 9. The van der Waals surface area contributed by atoms with Crippen molar-refractivity contribution in [2.75, 3.05) is 46.1 Å². The first-order chi connectivity index (χ1) is 27.5. The number of carbonyl (C=O) groups is 4. The molecule has 4 heterocycles. The summed E-state index contributed by atoms with van der Waals surface area (Å²) in [5, 5.41) is 73.6. The van der Waals surface area contributed by atoms with Gasteiger partial charge in [-0.25, -0.2) is 30.0 Å². The normalized spacial score (nSPS) is 30.6. The van der Waals surface area contributed by atoms with Crippen molar-refractivity contribution in [2.45, 2.75) is 100 Å². The van der Waals surface area contributed by atoms with Gasteiger partial charge in [-0.05, 0) is 6.42 Å². The van der Waals surface area contributed by atoms with Crippen molar-refractivity contribution in [3.63, 3.8) is 0 Å². The fourth-order valence-electron chi connectivity index (χ4n) is 5.37. The standard InChI is InChI=1S/C8H15NO8S.C8H15NO7S.C6H11NO3.C6H10O8S.3H2O/c1-4(10)9-5-2-16-6(8(12)7(5)11)3-17-18(13,14)15;1-5(10)9-7-4-15-6(2-8(7)11)3-16-17(12,13)14;8-5-1-4(6(9)10)2-7-3-5;7-3-1-4(6(8)9)13-2-5(3)14-15(10,11)12;;;/h5-8,11-12H,2-3H2,1H3,(H,9,10)(H,13,14,15);6-8,11H,2-4H2,1H3,(H,9,10)(H,12,13,14);4-5,7-8H,1-3H2,(H,9,10);3-5,7H,1-2H2,(H,8,9)(H,10,11,12);3*1H2/p-4/t5?,6?,7-,8+;6?,7?,8-;4?,5-;3-,4?,5?;;;/m0111.../s1. The molecule has 0 bridgehead atoms. The van der Waals surface area contributed by atoms with Crippen LogP contribution in [0.2, 0.25) is 0 Å². The van der Waals surface area contributed by atoms with Gasteiger partial charge in [0.25, 0.3) is 0 Å². The number of carbonyl (C=O) groups excluding carboxylic acids is 3. The molecule has 4 saturated heterocycles. The zero-order chi connectivity index (χ0) is 46.2. The molecule has 15 N–H and O–H groups in total. The Labute approximate surface area is 359 Å². The highest BCUT2D eigenvalue weighted by molar-refractivity contribution is 7.81. The number of β-amino-alcohol motifs (C(OH)–C–C–N with tert-alkyl or cyclic N) is 1. The average Bonchev–Trinajstić information content (AvgIpc) is 3.10. The van der Waals surface area contributed by atoms with Crippen molar-refractivity contribution in [3.8, 4) is 0 Å².